The summed E-state index contributed by atoms with van der Waals surface area (Å²) in [5.74, 6) is -0.216. The maximum atomic E-state index is 11.9. The smallest absolute Gasteiger partial charge is 0.307 e. The van der Waals surface area contributed by atoms with Crippen molar-refractivity contribution in [2.45, 2.75) is 19.4 Å². The summed E-state index contributed by atoms with van der Waals surface area (Å²) >= 11 is 13.1. The number of halogens is 2. The topological polar surface area (TPSA) is 77.1 Å². The van der Waals surface area contributed by atoms with Crippen LogP contribution in [0.5, 0.6) is 0 Å². The van der Waals surface area contributed by atoms with Crippen molar-refractivity contribution in [3.05, 3.63) is 43.4 Å². The molecule has 0 saturated carbocycles. The molecule has 1 aromatic heterocycles. The summed E-state index contributed by atoms with van der Waals surface area (Å²) < 4.78 is 1.57. The van der Waals surface area contributed by atoms with Crippen LogP contribution in [-0.2, 0) is 11.3 Å². The van der Waals surface area contributed by atoms with Crippen LogP contribution in [0, 0.1) is 0 Å². The molecule has 0 spiro atoms. The number of nitrogen functional groups attached to an aromatic ring is 1. The van der Waals surface area contributed by atoms with E-state index in [-0.39, 0.29) is 17.2 Å². The number of anilines is 2. The van der Waals surface area contributed by atoms with Gasteiger partial charge >= 0.3 is 4.87 Å². The first-order chi connectivity index (χ1) is 9.97. The lowest BCUT2D eigenvalue weighted by Crippen LogP contribution is -2.16. The van der Waals surface area contributed by atoms with Gasteiger partial charge in [-0.25, -0.2) is 0 Å². The summed E-state index contributed by atoms with van der Waals surface area (Å²) in [6.45, 7) is 0.499. The number of benzene rings is 1. The van der Waals surface area contributed by atoms with Crippen molar-refractivity contribution in [2.24, 2.45) is 0 Å². The summed E-state index contributed by atoms with van der Waals surface area (Å²) in [5, 5.41) is 4.96. The zero-order valence-electron chi connectivity index (χ0n) is 10.9. The van der Waals surface area contributed by atoms with Crippen LogP contribution in [0.3, 0.4) is 0 Å². The fourth-order valence-electron chi connectivity index (χ4n) is 1.78. The molecule has 0 atom stereocenters. The Balaban J connectivity index is 1.91. The number of nitrogens with zero attached hydrogens (tertiary/aromatic N) is 1. The monoisotopic (exact) mass is 345 g/mol. The largest absolute Gasteiger partial charge is 0.399 e. The second-order valence-electron chi connectivity index (χ2n) is 4.37. The van der Waals surface area contributed by atoms with Gasteiger partial charge in [0.1, 0.15) is 0 Å². The Hall–Kier alpha value is -1.50. The Kier molecular flexibility index (Phi) is 5.27. The number of rotatable bonds is 5. The maximum absolute atomic E-state index is 11.9. The van der Waals surface area contributed by atoms with Gasteiger partial charge in [-0.2, -0.15) is 0 Å². The van der Waals surface area contributed by atoms with Crippen molar-refractivity contribution < 1.29 is 4.79 Å². The Morgan fingerprint density at radius 1 is 1.33 bits per heavy atom. The molecule has 0 saturated heterocycles. The molecule has 0 radical (unpaired) electrons. The lowest BCUT2D eigenvalue weighted by atomic mass is 10.2. The van der Waals surface area contributed by atoms with Crippen LogP contribution in [0.1, 0.15) is 12.8 Å². The van der Waals surface area contributed by atoms with Gasteiger partial charge in [0, 0.05) is 30.2 Å². The number of nitrogens with two attached hydrogens (primary N) is 1. The van der Waals surface area contributed by atoms with Gasteiger partial charge in [0.2, 0.25) is 5.91 Å². The molecule has 0 unspecified atom stereocenters. The second-order valence-corrected chi connectivity index (χ2v) is 6.05. The number of carbonyl (C=O) groups excluding carboxylic acids is 1. The van der Waals surface area contributed by atoms with E-state index in [2.05, 4.69) is 5.32 Å². The minimum Gasteiger partial charge on any atom is -0.399 e. The normalized spacial score (nSPS) is 10.6. The number of hydrogen-bond donors (Lipinski definition) is 2. The summed E-state index contributed by atoms with van der Waals surface area (Å²) in [7, 11) is 0. The maximum Gasteiger partial charge on any atom is 0.307 e. The third kappa shape index (κ3) is 4.23. The van der Waals surface area contributed by atoms with E-state index in [0.717, 1.165) is 11.3 Å². The minimum atomic E-state index is -0.216. The Morgan fingerprint density at radius 2 is 2.00 bits per heavy atom. The highest BCUT2D eigenvalue weighted by Crippen LogP contribution is 2.32. The fraction of sp³-hybridized carbons (Fsp3) is 0.231. The van der Waals surface area contributed by atoms with E-state index in [9.17, 15) is 9.59 Å². The highest BCUT2D eigenvalue weighted by Gasteiger charge is 2.11. The molecule has 0 aliphatic rings. The highest BCUT2D eigenvalue weighted by atomic mass is 35.5. The van der Waals surface area contributed by atoms with Crippen LogP contribution in [0.2, 0.25) is 10.0 Å². The van der Waals surface area contributed by atoms with Crippen molar-refractivity contribution in [1.82, 2.24) is 4.57 Å². The minimum absolute atomic E-state index is 0.0277. The molecular weight excluding hydrogens is 333 g/mol. The first-order valence-corrected chi connectivity index (χ1v) is 7.79. The standard InChI is InChI=1S/C13H13Cl2N3O2S/c14-9-6-8(16)7-10(15)12(9)17-11(19)2-1-3-18-4-5-21-13(18)20/h4-7H,1-3,16H2,(H,17,19). The number of carbonyl (C=O) groups is 1. The average Bonchev–Trinajstić information content (AvgIpc) is 2.80. The quantitative estimate of drug-likeness (QED) is 0.816. The molecule has 5 nitrogen and oxygen atoms in total. The average molecular weight is 346 g/mol. The van der Waals surface area contributed by atoms with Gasteiger partial charge in [-0.3, -0.25) is 9.59 Å². The van der Waals surface area contributed by atoms with Gasteiger partial charge in [-0.15, -0.1) is 0 Å². The van der Waals surface area contributed by atoms with Gasteiger partial charge in [0.25, 0.3) is 0 Å². The number of nitrogens with one attached hydrogen (secondary N) is 1. The zero-order chi connectivity index (χ0) is 15.4. The molecule has 1 amide bonds. The van der Waals surface area contributed by atoms with Crippen molar-refractivity contribution in [3.63, 3.8) is 0 Å². The van der Waals surface area contributed by atoms with Gasteiger partial charge in [-0.05, 0) is 18.6 Å². The van der Waals surface area contributed by atoms with Crippen LogP contribution >= 0.6 is 34.5 Å². The van der Waals surface area contributed by atoms with Gasteiger partial charge < -0.3 is 15.6 Å². The second kappa shape index (κ2) is 6.98. The molecule has 0 aliphatic carbocycles. The Morgan fingerprint density at radius 3 is 2.57 bits per heavy atom. The first-order valence-electron chi connectivity index (χ1n) is 6.15. The number of amides is 1. The predicted octanol–water partition coefficient (Wildman–Crippen LogP) is 3.22. The van der Waals surface area contributed by atoms with Crippen molar-refractivity contribution in [2.75, 3.05) is 11.1 Å². The third-order valence-corrected chi connectivity index (χ3v) is 4.07. The van der Waals surface area contributed by atoms with Crippen LogP contribution in [-0.4, -0.2) is 10.5 Å². The van der Waals surface area contributed by atoms with E-state index in [1.807, 2.05) is 0 Å². The summed E-state index contributed by atoms with van der Waals surface area (Å²) in [4.78, 5) is 23.2. The van der Waals surface area contributed by atoms with Crippen molar-refractivity contribution in [3.8, 4) is 0 Å². The van der Waals surface area contributed by atoms with E-state index in [1.165, 1.54) is 12.1 Å². The molecule has 2 aromatic rings. The first kappa shape index (κ1) is 15.9. The molecule has 112 valence electrons. The molecule has 1 heterocycles. The van der Waals surface area contributed by atoms with Gasteiger partial charge in [0.05, 0.1) is 15.7 Å². The van der Waals surface area contributed by atoms with Crippen LogP contribution in [0.15, 0.2) is 28.5 Å². The van der Waals surface area contributed by atoms with E-state index < -0.39 is 0 Å². The van der Waals surface area contributed by atoms with Crippen molar-refractivity contribution in [1.29, 1.82) is 0 Å². The number of thiazole rings is 1. The summed E-state index contributed by atoms with van der Waals surface area (Å²) in [6.07, 6.45) is 2.52. The van der Waals surface area contributed by atoms with Gasteiger partial charge in [0.15, 0.2) is 0 Å². The molecule has 3 N–H and O–H groups in total. The fourth-order valence-corrected chi connectivity index (χ4v) is 2.99. The molecule has 2 rings (SSSR count). The third-order valence-electron chi connectivity index (χ3n) is 2.78. The van der Waals surface area contributed by atoms with Crippen LogP contribution < -0.4 is 15.9 Å². The number of aromatic nitrogens is 1. The summed E-state index contributed by atoms with van der Waals surface area (Å²) in [5.41, 5.74) is 6.38. The molecule has 0 bridgehead atoms. The lowest BCUT2D eigenvalue weighted by Gasteiger charge is -2.10. The lowest BCUT2D eigenvalue weighted by molar-refractivity contribution is -0.116. The number of hydrogen-bond acceptors (Lipinski definition) is 4. The van der Waals surface area contributed by atoms with E-state index >= 15 is 0 Å². The van der Waals surface area contributed by atoms with Gasteiger partial charge in [-0.1, -0.05) is 34.5 Å². The van der Waals surface area contributed by atoms with Crippen LogP contribution in [0.25, 0.3) is 0 Å². The Labute approximate surface area is 135 Å². The number of aryl methyl sites for hydroxylation is 1. The van der Waals surface area contributed by atoms with Crippen molar-refractivity contribution >= 4 is 51.8 Å². The van der Waals surface area contributed by atoms with Crippen LogP contribution in [0.4, 0.5) is 11.4 Å². The van der Waals surface area contributed by atoms with E-state index in [4.69, 9.17) is 28.9 Å². The van der Waals surface area contributed by atoms with E-state index in [1.54, 1.807) is 16.1 Å². The predicted molar refractivity (Wildman–Crippen MR) is 87.3 cm³/mol. The highest BCUT2D eigenvalue weighted by molar-refractivity contribution is 7.07. The Bertz CT molecular complexity index is 688. The molecule has 1 aromatic carbocycles. The SMILES string of the molecule is Nc1cc(Cl)c(NC(=O)CCCn2ccsc2=O)c(Cl)c1. The molecule has 8 heteroatoms. The molecule has 0 aliphatic heterocycles. The molecule has 21 heavy (non-hydrogen) atoms. The summed E-state index contributed by atoms with van der Waals surface area (Å²) in [6, 6.07) is 3.04. The van der Waals surface area contributed by atoms with E-state index in [0.29, 0.717) is 34.4 Å². The molecular formula is C13H13Cl2N3O2S. The molecule has 0 fully saturated rings. The zero-order valence-corrected chi connectivity index (χ0v) is 13.3.